The molecule has 0 fully saturated rings. The minimum Gasteiger partial charge on any atom is -0.447 e. The van der Waals surface area contributed by atoms with Crippen LogP contribution < -0.4 is 4.74 Å². The first-order chi connectivity index (χ1) is 12.2. The molecular formula is C18H22N2O6. The maximum absolute atomic E-state index is 12.9. The lowest BCUT2D eigenvalue weighted by molar-refractivity contribution is -0.165. The van der Waals surface area contributed by atoms with E-state index in [4.69, 9.17) is 18.9 Å². The molecule has 1 atom stereocenters. The first-order valence-corrected chi connectivity index (χ1v) is 8.45. The molecule has 26 heavy (non-hydrogen) atoms. The molecule has 1 aromatic rings. The first kappa shape index (κ1) is 18.0. The fraction of sp³-hybridized carbons (Fsp3) is 0.500. The van der Waals surface area contributed by atoms with Crippen molar-refractivity contribution in [2.45, 2.75) is 59.5 Å². The van der Waals surface area contributed by atoms with Crippen LogP contribution in [0.4, 0.5) is 4.79 Å². The highest BCUT2D eigenvalue weighted by atomic mass is 16.7. The van der Waals surface area contributed by atoms with Crippen molar-refractivity contribution in [3.63, 3.8) is 0 Å². The molecule has 0 radical (unpaired) electrons. The van der Waals surface area contributed by atoms with Gasteiger partial charge in [-0.05, 0) is 52.7 Å². The van der Waals surface area contributed by atoms with Crippen LogP contribution in [-0.2, 0) is 24.7 Å². The van der Waals surface area contributed by atoms with Crippen LogP contribution in [0.1, 0.15) is 44.4 Å². The molecule has 2 heterocycles. The van der Waals surface area contributed by atoms with Gasteiger partial charge in [0.1, 0.15) is 5.75 Å². The number of aryl methyl sites for hydroxylation is 2. The van der Waals surface area contributed by atoms with Crippen molar-refractivity contribution in [3.8, 4) is 5.75 Å². The summed E-state index contributed by atoms with van der Waals surface area (Å²) >= 11 is 0. The van der Waals surface area contributed by atoms with Gasteiger partial charge < -0.3 is 18.9 Å². The van der Waals surface area contributed by atoms with Gasteiger partial charge in [-0.1, -0.05) is 17.2 Å². The van der Waals surface area contributed by atoms with Crippen LogP contribution in [0.5, 0.6) is 5.75 Å². The molecular weight excluding hydrogens is 340 g/mol. The molecule has 1 aromatic carbocycles. The Morgan fingerprint density at radius 1 is 1.15 bits per heavy atom. The third-order valence-electron chi connectivity index (χ3n) is 3.93. The number of hydrogen-bond donors (Lipinski definition) is 0. The molecule has 3 rings (SSSR count). The average molecular weight is 362 g/mol. The number of hydrogen-bond acceptors (Lipinski definition) is 7. The number of fused-ring (bicyclic) bond motifs is 2. The Bertz CT molecular complexity index is 801. The zero-order chi connectivity index (χ0) is 19.2. The minimum atomic E-state index is -1.89. The summed E-state index contributed by atoms with van der Waals surface area (Å²) in [7, 11) is 0. The summed E-state index contributed by atoms with van der Waals surface area (Å²) < 4.78 is 22.0. The second-order valence-electron chi connectivity index (χ2n) is 6.82. The molecule has 2 aliphatic rings. The molecule has 1 unspecified atom stereocenters. The van der Waals surface area contributed by atoms with Gasteiger partial charge in [-0.3, -0.25) is 0 Å². The number of ether oxygens (including phenoxy) is 4. The predicted molar refractivity (Wildman–Crippen MR) is 91.4 cm³/mol. The van der Waals surface area contributed by atoms with Gasteiger partial charge in [0, 0.05) is 0 Å². The van der Waals surface area contributed by atoms with Gasteiger partial charge in [0.25, 0.3) is 0 Å². The number of amides is 1. The second-order valence-corrected chi connectivity index (χ2v) is 6.82. The van der Waals surface area contributed by atoms with Crippen LogP contribution in [0.15, 0.2) is 17.2 Å². The largest absolute Gasteiger partial charge is 0.447 e. The Labute approximate surface area is 151 Å². The normalized spacial score (nSPS) is 21.0. The van der Waals surface area contributed by atoms with Crippen LogP contribution in [0, 0.1) is 13.8 Å². The van der Waals surface area contributed by atoms with Gasteiger partial charge in [-0.15, -0.1) is 5.01 Å². The van der Waals surface area contributed by atoms with E-state index in [9.17, 15) is 9.59 Å². The number of rotatable bonds is 2. The molecule has 0 saturated carbocycles. The third kappa shape index (κ3) is 2.65. The number of benzene rings is 1. The smallest absolute Gasteiger partial charge is 0.435 e. The molecule has 0 bridgehead atoms. The number of nitrogens with zero attached hydrogens (tertiary/aromatic N) is 2. The lowest BCUT2D eigenvalue weighted by Gasteiger charge is -2.28. The van der Waals surface area contributed by atoms with E-state index in [1.165, 1.54) is 0 Å². The summed E-state index contributed by atoms with van der Waals surface area (Å²) in [5, 5.41) is 4.93. The number of carbonyl (C=O) groups excluding carboxylic acids is 2. The summed E-state index contributed by atoms with van der Waals surface area (Å²) in [6.45, 7) is 10.6. The molecule has 1 amide bonds. The van der Waals surface area contributed by atoms with Crippen molar-refractivity contribution >= 4 is 18.1 Å². The Morgan fingerprint density at radius 2 is 1.81 bits per heavy atom. The maximum atomic E-state index is 12.9. The lowest BCUT2D eigenvalue weighted by Crippen LogP contribution is -2.50. The Kier molecular flexibility index (Phi) is 4.29. The highest BCUT2D eigenvalue weighted by Gasteiger charge is 2.65. The monoisotopic (exact) mass is 362 g/mol. The van der Waals surface area contributed by atoms with Crippen molar-refractivity contribution in [1.82, 2.24) is 5.01 Å². The third-order valence-corrected chi connectivity index (χ3v) is 3.93. The molecule has 0 aliphatic carbocycles. The molecule has 2 aliphatic heterocycles. The fourth-order valence-corrected chi connectivity index (χ4v) is 2.90. The van der Waals surface area contributed by atoms with Gasteiger partial charge in [0.15, 0.2) is 0 Å². The molecule has 0 saturated heterocycles. The van der Waals surface area contributed by atoms with Crippen LogP contribution in [0.25, 0.3) is 0 Å². The van der Waals surface area contributed by atoms with Gasteiger partial charge in [0.05, 0.1) is 17.8 Å². The van der Waals surface area contributed by atoms with Crippen molar-refractivity contribution in [2.75, 3.05) is 0 Å². The zero-order valence-electron chi connectivity index (χ0n) is 15.7. The van der Waals surface area contributed by atoms with Crippen molar-refractivity contribution in [1.29, 1.82) is 0 Å². The number of hydrazone groups is 1. The van der Waals surface area contributed by atoms with E-state index in [1.807, 2.05) is 19.1 Å². The highest BCUT2D eigenvalue weighted by molar-refractivity contribution is 5.96. The average Bonchev–Trinajstić information content (AvgIpc) is 3.03. The quantitative estimate of drug-likeness (QED) is 0.594. The van der Waals surface area contributed by atoms with Crippen LogP contribution >= 0.6 is 0 Å². The van der Waals surface area contributed by atoms with E-state index in [0.29, 0.717) is 11.3 Å². The molecule has 8 nitrogen and oxygen atoms in total. The van der Waals surface area contributed by atoms with Crippen LogP contribution in [0.2, 0.25) is 0 Å². The van der Waals surface area contributed by atoms with Gasteiger partial charge in [-0.25, -0.2) is 9.59 Å². The second kappa shape index (κ2) is 6.19. The van der Waals surface area contributed by atoms with Gasteiger partial charge >= 0.3 is 23.9 Å². The van der Waals surface area contributed by atoms with E-state index in [-0.39, 0.29) is 12.2 Å². The summed E-state index contributed by atoms with van der Waals surface area (Å²) in [5.41, 5.74) is 0.00526. The van der Waals surface area contributed by atoms with E-state index in [1.54, 1.807) is 34.6 Å². The minimum absolute atomic E-state index is 0.189. The van der Waals surface area contributed by atoms with E-state index >= 15 is 0 Å². The van der Waals surface area contributed by atoms with Crippen molar-refractivity contribution in [3.05, 3.63) is 28.8 Å². The van der Waals surface area contributed by atoms with Crippen LogP contribution in [0.3, 0.4) is 0 Å². The predicted octanol–water partition coefficient (Wildman–Crippen LogP) is 2.95. The first-order valence-electron chi connectivity index (χ1n) is 8.45. The van der Waals surface area contributed by atoms with Crippen LogP contribution in [-0.4, -0.2) is 35.4 Å². The molecule has 0 N–H and O–H groups in total. The highest BCUT2D eigenvalue weighted by Crippen LogP contribution is 2.49. The van der Waals surface area contributed by atoms with E-state index in [2.05, 4.69) is 5.10 Å². The molecule has 140 valence electrons. The maximum Gasteiger partial charge on any atom is 0.435 e. The van der Waals surface area contributed by atoms with E-state index < -0.39 is 23.9 Å². The standard InChI is InChI=1S/C18H22N2O6/c1-9(2)23-16-19-20(17(22)24-10(3)4)18(26-16)13-11(5)7-8-12(6)14(13)25-15(18)21/h7-10H,1-6H3. The van der Waals surface area contributed by atoms with Crippen molar-refractivity contribution in [2.24, 2.45) is 5.10 Å². The summed E-state index contributed by atoms with van der Waals surface area (Å²) in [5.74, 6) is -0.407. The lowest BCUT2D eigenvalue weighted by atomic mass is 9.96. The van der Waals surface area contributed by atoms with E-state index in [0.717, 1.165) is 16.1 Å². The molecule has 0 aromatic heterocycles. The molecule has 8 heteroatoms. The Balaban J connectivity index is 2.14. The summed E-state index contributed by atoms with van der Waals surface area (Å²) in [6, 6.07) is 3.66. The summed E-state index contributed by atoms with van der Waals surface area (Å²) in [4.78, 5) is 25.5. The fourth-order valence-electron chi connectivity index (χ4n) is 2.90. The number of carbonyl (C=O) groups is 2. The zero-order valence-corrected chi connectivity index (χ0v) is 15.7. The molecule has 1 spiro atoms. The SMILES string of the molecule is Cc1ccc(C)c2c1OC(=O)C21OC(OC(C)C)=NN1C(=O)OC(C)C. The van der Waals surface area contributed by atoms with Crippen molar-refractivity contribution < 1.29 is 28.5 Å². The number of esters is 1. The summed E-state index contributed by atoms with van der Waals surface area (Å²) in [6.07, 6.45) is -1.68. The Morgan fingerprint density at radius 3 is 2.42 bits per heavy atom. The topological polar surface area (TPSA) is 86.7 Å². The van der Waals surface area contributed by atoms with Gasteiger partial charge in [-0.2, -0.15) is 0 Å². The van der Waals surface area contributed by atoms with Gasteiger partial charge in [0.2, 0.25) is 0 Å². The Hall–Kier alpha value is -2.77.